The summed E-state index contributed by atoms with van der Waals surface area (Å²) in [7, 11) is -6.50. The fraction of sp³-hybridized carbons (Fsp3) is 1.00. The zero-order chi connectivity index (χ0) is 20.2. The molecular formula is C7H2F13KO3S. The molecule has 0 aromatic rings. The van der Waals surface area contributed by atoms with Gasteiger partial charge < -0.3 is 4.55 Å². The number of halogens is 13. The number of rotatable bonds is 6. The van der Waals surface area contributed by atoms with E-state index in [1.165, 1.54) is 0 Å². The van der Waals surface area contributed by atoms with Crippen LogP contribution < -0.4 is 51.4 Å². The number of hydrogen-bond donors (Lipinski definition) is 0. The topological polar surface area (TPSA) is 57.2 Å². The van der Waals surface area contributed by atoms with E-state index in [0.717, 1.165) is 0 Å². The monoisotopic (exact) mass is 452 g/mol. The van der Waals surface area contributed by atoms with Crippen LogP contribution in [0.1, 0.15) is 0 Å². The van der Waals surface area contributed by atoms with Crippen LogP contribution in [0.25, 0.3) is 0 Å². The third-order valence-electron chi connectivity index (χ3n) is 2.36. The zero-order valence-corrected chi connectivity index (χ0v) is 15.2. The Morgan fingerprint density at radius 1 is 0.600 bits per heavy atom. The summed E-state index contributed by atoms with van der Waals surface area (Å²) in [5.74, 6) is -42.6. The SMILES string of the molecule is O=S(=O)([O-])CC(F)(F)C(F)(F)C(F)(F)C(F)(F)C(F)(F)C(F)(F)F.[K+]. The first-order valence-corrected chi connectivity index (χ1v) is 6.43. The minimum Gasteiger partial charge on any atom is -0.748 e. The Labute approximate surface area is 172 Å². The zero-order valence-electron chi connectivity index (χ0n) is 11.3. The fourth-order valence-corrected chi connectivity index (χ4v) is 1.74. The Kier molecular flexibility index (Phi) is 8.05. The molecule has 0 saturated heterocycles. The maximum absolute atomic E-state index is 12.8. The summed E-state index contributed by atoms with van der Waals surface area (Å²) in [4.78, 5) is 0. The molecule has 0 atom stereocenters. The molecule has 0 spiro atoms. The maximum atomic E-state index is 12.8. The second-order valence-electron chi connectivity index (χ2n) is 4.20. The predicted molar refractivity (Wildman–Crippen MR) is 45.4 cm³/mol. The summed E-state index contributed by atoms with van der Waals surface area (Å²) in [5, 5.41) is 0. The minimum atomic E-state index is -8.13. The largest absolute Gasteiger partial charge is 1.00 e. The van der Waals surface area contributed by atoms with Crippen molar-refractivity contribution in [2.45, 2.75) is 35.8 Å². The van der Waals surface area contributed by atoms with E-state index >= 15 is 0 Å². The van der Waals surface area contributed by atoms with Crippen molar-refractivity contribution < 1.29 is 121 Å². The Balaban J connectivity index is 0. The minimum absolute atomic E-state index is 0. The first-order chi connectivity index (χ1) is 9.96. The van der Waals surface area contributed by atoms with Gasteiger partial charge in [-0.25, -0.2) is 8.42 Å². The average Bonchev–Trinajstić information content (AvgIpc) is 2.22. The van der Waals surface area contributed by atoms with Crippen molar-refractivity contribution in [3.63, 3.8) is 0 Å². The second kappa shape index (κ2) is 7.23. The molecule has 0 N–H and O–H groups in total. The van der Waals surface area contributed by atoms with Crippen LogP contribution in [0.5, 0.6) is 0 Å². The molecule has 146 valence electrons. The number of alkyl halides is 13. The Hall–Kier alpha value is 0.636. The fourth-order valence-electron chi connectivity index (χ4n) is 1.11. The van der Waals surface area contributed by atoms with E-state index in [9.17, 15) is 70.0 Å². The molecule has 0 radical (unpaired) electrons. The van der Waals surface area contributed by atoms with E-state index in [0.29, 0.717) is 0 Å². The summed E-state index contributed by atoms with van der Waals surface area (Å²) in [6.45, 7) is 0. The predicted octanol–water partition coefficient (Wildman–Crippen LogP) is 0.274. The molecule has 25 heavy (non-hydrogen) atoms. The van der Waals surface area contributed by atoms with Crippen LogP contribution in [-0.4, -0.2) is 54.5 Å². The molecule has 0 saturated carbocycles. The summed E-state index contributed by atoms with van der Waals surface area (Å²) in [6, 6.07) is 0. The third kappa shape index (κ3) is 4.73. The van der Waals surface area contributed by atoms with Crippen molar-refractivity contribution in [3.05, 3.63) is 0 Å². The van der Waals surface area contributed by atoms with Gasteiger partial charge in [0.05, 0.1) is 0 Å². The molecule has 0 fully saturated rings. The normalized spacial score (nSPS) is 15.8. The maximum Gasteiger partial charge on any atom is 1.00 e. The molecule has 0 aliphatic heterocycles. The molecule has 0 amide bonds. The van der Waals surface area contributed by atoms with E-state index in [2.05, 4.69) is 0 Å². The Morgan fingerprint density at radius 2 is 0.880 bits per heavy atom. The molecule has 0 heterocycles. The van der Waals surface area contributed by atoms with Crippen molar-refractivity contribution in [3.8, 4) is 0 Å². The summed E-state index contributed by atoms with van der Waals surface area (Å²) >= 11 is 0. The van der Waals surface area contributed by atoms with Gasteiger partial charge in [-0.1, -0.05) is 0 Å². The molecule has 3 nitrogen and oxygen atoms in total. The van der Waals surface area contributed by atoms with Gasteiger partial charge in [0.1, 0.15) is 15.9 Å². The summed E-state index contributed by atoms with van der Waals surface area (Å²) < 4.78 is 192. The van der Waals surface area contributed by atoms with Crippen molar-refractivity contribution >= 4 is 10.1 Å². The first-order valence-electron chi connectivity index (χ1n) is 4.85. The van der Waals surface area contributed by atoms with E-state index in [4.69, 9.17) is 0 Å². The van der Waals surface area contributed by atoms with Gasteiger partial charge >= 0.3 is 87.2 Å². The third-order valence-corrected chi connectivity index (χ3v) is 3.07. The van der Waals surface area contributed by atoms with Gasteiger partial charge in [0.15, 0.2) is 0 Å². The average molecular weight is 452 g/mol. The van der Waals surface area contributed by atoms with E-state index in [-0.39, 0.29) is 51.4 Å². The first kappa shape index (κ1) is 27.9. The molecule has 0 bridgehead atoms. The summed E-state index contributed by atoms with van der Waals surface area (Å²) in [5.41, 5.74) is 0. The van der Waals surface area contributed by atoms with Gasteiger partial charge in [-0.3, -0.25) is 0 Å². The van der Waals surface area contributed by atoms with Crippen LogP contribution >= 0.6 is 0 Å². The van der Waals surface area contributed by atoms with Gasteiger partial charge in [-0.2, -0.15) is 57.1 Å². The van der Waals surface area contributed by atoms with E-state index in [1.54, 1.807) is 0 Å². The molecule has 0 rings (SSSR count). The van der Waals surface area contributed by atoms with E-state index < -0.39 is 51.7 Å². The van der Waals surface area contributed by atoms with Crippen LogP contribution in [0.15, 0.2) is 0 Å². The Bertz CT molecular complexity index is 581. The van der Waals surface area contributed by atoms with Gasteiger partial charge in [-0.15, -0.1) is 0 Å². The van der Waals surface area contributed by atoms with Crippen molar-refractivity contribution in [2.24, 2.45) is 0 Å². The molecular weight excluding hydrogens is 450 g/mol. The molecule has 0 aromatic heterocycles. The molecule has 18 heteroatoms. The van der Waals surface area contributed by atoms with Gasteiger partial charge in [0.25, 0.3) is 0 Å². The quantitative estimate of drug-likeness (QED) is 0.331. The molecule has 0 unspecified atom stereocenters. The van der Waals surface area contributed by atoms with Gasteiger partial charge in [0, 0.05) is 0 Å². The van der Waals surface area contributed by atoms with Gasteiger partial charge in [-0.05, 0) is 0 Å². The van der Waals surface area contributed by atoms with Crippen molar-refractivity contribution in [1.82, 2.24) is 0 Å². The molecule has 0 aliphatic carbocycles. The van der Waals surface area contributed by atoms with Crippen LogP contribution in [0.4, 0.5) is 57.1 Å². The van der Waals surface area contributed by atoms with Crippen LogP contribution in [0.3, 0.4) is 0 Å². The molecule has 0 aliphatic rings. The smallest absolute Gasteiger partial charge is 0.748 e. The van der Waals surface area contributed by atoms with Gasteiger partial charge in [0.2, 0.25) is 0 Å². The number of hydrogen-bond acceptors (Lipinski definition) is 3. The van der Waals surface area contributed by atoms with Crippen LogP contribution in [0.2, 0.25) is 0 Å². The van der Waals surface area contributed by atoms with E-state index in [1.807, 2.05) is 0 Å². The standard InChI is InChI=1S/C7H3F13O3S.K/c8-2(9,1-24(21,22)23)3(10,11)4(12,13)5(14,15)6(16,17)7(18,19)20;/h1H2,(H,21,22,23);/q;+1/p-1. The van der Waals surface area contributed by atoms with Crippen molar-refractivity contribution in [1.29, 1.82) is 0 Å². The second-order valence-corrected chi connectivity index (χ2v) is 5.61. The van der Waals surface area contributed by atoms with Crippen LogP contribution in [-0.2, 0) is 10.1 Å². The Morgan fingerprint density at radius 3 is 1.12 bits per heavy atom. The van der Waals surface area contributed by atoms with Crippen molar-refractivity contribution in [2.75, 3.05) is 5.75 Å². The molecule has 0 aromatic carbocycles. The summed E-state index contributed by atoms with van der Waals surface area (Å²) in [6.07, 6.45) is -7.56. The van der Waals surface area contributed by atoms with Crippen LogP contribution in [0, 0.1) is 0 Å².